The molecule has 0 aromatic heterocycles. The lowest BCUT2D eigenvalue weighted by atomic mass is 9.90. The fourth-order valence-electron chi connectivity index (χ4n) is 3.24. The number of carboxylic acid groups (broad SMARTS) is 2. The maximum atomic E-state index is 13.1. The molecule has 160 valence electrons. The van der Waals surface area contributed by atoms with Gasteiger partial charge in [-0.25, -0.2) is 4.79 Å². The zero-order valence-electron chi connectivity index (χ0n) is 17.1. The van der Waals surface area contributed by atoms with Gasteiger partial charge in [0, 0.05) is 6.54 Å². The third-order valence-corrected chi connectivity index (χ3v) is 4.72. The molecule has 0 bridgehead atoms. The largest absolute Gasteiger partial charge is 0.480 e. The molecule has 0 aliphatic heterocycles. The second kappa shape index (κ2) is 11.1. The van der Waals surface area contributed by atoms with Gasteiger partial charge in [-0.2, -0.15) is 0 Å². The number of hydrogen-bond acceptors (Lipinski definition) is 4. The molecule has 0 radical (unpaired) electrons. The van der Waals surface area contributed by atoms with Gasteiger partial charge in [0.15, 0.2) is 0 Å². The lowest BCUT2D eigenvalue weighted by molar-refractivity contribution is -0.143. The van der Waals surface area contributed by atoms with E-state index in [1.165, 1.54) is 0 Å². The topological polar surface area (TPSA) is 116 Å². The molecule has 0 saturated heterocycles. The zero-order valence-corrected chi connectivity index (χ0v) is 17.1. The van der Waals surface area contributed by atoms with Crippen molar-refractivity contribution < 1.29 is 24.6 Å². The number of carboxylic acids is 2. The molecule has 1 unspecified atom stereocenters. The fourth-order valence-corrected chi connectivity index (χ4v) is 3.24. The summed E-state index contributed by atoms with van der Waals surface area (Å²) in [4.78, 5) is 36.3. The minimum atomic E-state index is -1.26. The van der Waals surface area contributed by atoms with Gasteiger partial charge in [0.25, 0.3) is 0 Å². The summed E-state index contributed by atoms with van der Waals surface area (Å²) in [5, 5.41) is 24.2. The molecule has 7 heteroatoms. The molecule has 2 aromatic carbocycles. The first kappa shape index (κ1) is 23.1. The van der Waals surface area contributed by atoms with Gasteiger partial charge in [-0.3, -0.25) is 9.59 Å². The predicted octanol–water partition coefficient (Wildman–Crippen LogP) is 2.48. The summed E-state index contributed by atoms with van der Waals surface area (Å²) >= 11 is 0. The number of carbonyl (C=O) groups excluding carboxylic acids is 1. The van der Waals surface area contributed by atoms with E-state index in [1.54, 1.807) is 0 Å². The van der Waals surface area contributed by atoms with Gasteiger partial charge in [0.2, 0.25) is 5.91 Å². The SMILES string of the molecule is CC(C)C[C@H](NCC(NC(=O)C(c1ccccc1)c1ccccc1)C(=O)O)C(=O)O. The number of aliphatic carboxylic acids is 2. The van der Waals surface area contributed by atoms with Crippen molar-refractivity contribution in [1.29, 1.82) is 0 Å². The number of rotatable bonds is 11. The number of amides is 1. The second-order valence-corrected chi connectivity index (χ2v) is 7.58. The molecule has 0 aliphatic carbocycles. The van der Waals surface area contributed by atoms with Crippen LogP contribution < -0.4 is 10.6 Å². The predicted molar refractivity (Wildman–Crippen MR) is 113 cm³/mol. The van der Waals surface area contributed by atoms with E-state index in [0.717, 1.165) is 11.1 Å². The van der Waals surface area contributed by atoms with Crippen LogP contribution in [0.25, 0.3) is 0 Å². The molecule has 0 spiro atoms. The van der Waals surface area contributed by atoms with Crippen LogP contribution in [0.2, 0.25) is 0 Å². The second-order valence-electron chi connectivity index (χ2n) is 7.58. The lowest BCUT2D eigenvalue weighted by Crippen LogP contribution is -2.52. The van der Waals surface area contributed by atoms with Gasteiger partial charge in [-0.15, -0.1) is 0 Å². The summed E-state index contributed by atoms with van der Waals surface area (Å²) in [7, 11) is 0. The maximum Gasteiger partial charge on any atom is 0.327 e. The summed E-state index contributed by atoms with van der Waals surface area (Å²) in [5.74, 6) is -3.30. The average Bonchev–Trinajstić information content (AvgIpc) is 2.71. The Kier molecular flexibility index (Phi) is 8.55. The highest BCUT2D eigenvalue weighted by Crippen LogP contribution is 2.24. The van der Waals surface area contributed by atoms with Crippen LogP contribution in [0.5, 0.6) is 0 Å². The summed E-state index contributed by atoms with van der Waals surface area (Å²) < 4.78 is 0. The Morgan fingerprint density at radius 3 is 1.67 bits per heavy atom. The van der Waals surface area contributed by atoms with E-state index in [4.69, 9.17) is 0 Å². The standard InChI is InChI=1S/C23H28N2O5/c1-15(2)13-18(22(27)28)24-14-19(23(29)30)25-21(26)20(16-9-5-3-6-10-16)17-11-7-4-8-12-17/h3-12,15,18-20,24H,13-14H2,1-2H3,(H,25,26)(H,27,28)(H,29,30)/t18-,19?/m0/s1. The van der Waals surface area contributed by atoms with Crippen LogP contribution in [0.1, 0.15) is 37.3 Å². The molecule has 2 aromatic rings. The van der Waals surface area contributed by atoms with E-state index >= 15 is 0 Å². The van der Waals surface area contributed by atoms with Crippen LogP contribution in [0.15, 0.2) is 60.7 Å². The summed E-state index contributed by atoms with van der Waals surface area (Å²) in [6.07, 6.45) is 0.353. The van der Waals surface area contributed by atoms with Gasteiger partial charge in [-0.1, -0.05) is 74.5 Å². The highest BCUT2D eigenvalue weighted by atomic mass is 16.4. The molecule has 7 nitrogen and oxygen atoms in total. The van der Waals surface area contributed by atoms with Gasteiger partial charge < -0.3 is 20.8 Å². The summed E-state index contributed by atoms with van der Waals surface area (Å²) in [6, 6.07) is 16.1. The molecule has 30 heavy (non-hydrogen) atoms. The van der Waals surface area contributed by atoms with Crippen molar-refractivity contribution in [1.82, 2.24) is 10.6 Å². The zero-order chi connectivity index (χ0) is 22.1. The quantitative estimate of drug-likeness (QED) is 0.451. The Balaban J connectivity index is 2.18. The van der Waals surface area contributed by atoms with Crippen molar-refractivity contribution in [2.75, 3.05) is 6.54 Å². The first-order valence-electron chi connectivity index (χ1n) is 9.88. The summed E-state index contributed by atoms with van der Waals surface area (Å²) in [6.45, 7) is 3.58. The Bertz CT molecular complexity index is 800. The van der Waals surface area contributed by atoms with E-state index in [-0.39, 0.29) is 12.5 Å². The Hall–Kier alpha value is -3.19. The van der Waals surface area contributed by atoms with Gasteiger partial charge in [0.1, 0.15) is 12.1 Å². The molecular formula is C23H28N2O5. The van der Waals surface area contributed by atoms with Gasteiger partial charge >= 0.3 is 11.9 Å². The first-order valence-corrected chi connectivity index (χ1v) is 9.88. The maximum absolute atomic E-state index is 13.1. The molecule has 0 aliphatic rings. The van der Waals surface area contributed by atoms with Crippen LogP contribution in [0, 0.1) is 5.92 Å². The number of nitrogens with one attached hydrogen (secondary N) is 2. The van der Waals surface area contributed by atoms with Crippen LogP contribution in [0.3, 0.4) is 0 Å². The van der Waals surface area contributed by atoms with E-state index < -0.39 is 35.8 Å². The van der Waals surface area contributed by atoms with Crippen LogP contribution in [0.4, 0.5) is 0 Å². The Morgan fingerprint density at radius 2 is 1.27 bits per heavy atom. The molecule has 2 rings (SSSR count). The van der Waals surface area contributed by atoms with Crippen molar-refractivity contribution in [3.63, 3.8) is 0 Å². The van der Waals surface area contributed by atoms with Gasteiger partial charge in [-0.05, 0) is 23.5 Å². The van der Waals surface area contributed by atoms with Crippen LogP contribution in [-0.2, 0) is 14.4 Å². The van der Waals surface area contributed by atoms with E-state index in [2.05, 4.69) is 10.6 Å². The lowest BCUT2D eigenvalue weighted by Gasteiger charge is -2.23. The van der Waals surface area contributed by atoms with Gasteiger partial charge in [0.05, 0.1) is 5.92 Å². The average molecular weight is 412 g/mol. The molecule has 2 atom stereocenters. The fraction of sp³-hybridized carbons (Fsp3) is 0.348. The molecular weight excluding hydrogens is 384 g/mol. The van der Waals surface area contributed by atoms with E-state index in [1.807, 2.05) is 74.5 Å². The minimum absolute atomic E-state index is 0.122. The monoisotopic (exact) mass is 412 g/mol. The smallest absolute Gasteiger partial charge is 0.327 e. The molecule has 1 amide bonds. The number of benzene rings is 2. The normalized spacial score (nSPS) is 13.1. The van der Waals surface area contributed by atoms with Crippen molar-refractivity contribution >= 4 is 17.8 Å². The summed E-state index contributed by atoms with van der Waals surface area (Å²) in [5.41, 5.74) is 1.48. The molecule has 0 fully saturated rings. The highest BCUT2D eigenvalue weighted by molar-refractivity contribution is 5.90. The van der Waals surface area contributed by atoms with E-state index in [9.17, 15) is 24.6 Å². The van der Waals surface area contributed by atoms with Crippen molar-refractivity contribution in [2.24, 2.45) is 5.92 Å². The number of carbonyl (C=O) groups is 3. The highest BCUT2D eigenvalue weighted by Gasteiger charge is 2.29. The molecule has 4 N–H and O–H groups in total. The van der Waals surface area contributed by atoms with E-state index in [0.29, 0.717) is 6.42 Å². The van der Waals surface area contributed by atoms with Crippen LogP contribution >= 0.6 is 0 Å². The minimum Gasteiger partial charge on any atom is -0.480 e. The van der Waals surface area contributed by atoms with Crippen molar-refractivity contribution in [2.45, 2.75) is 38.3 Å². The Labute approximate surface area is 176 Å². The molecule has 0 heterocycles. The third kappa shape index (κ3) is 6.70. The first-order chi connectivity index (χ1) is 14.3. The van der Waals surface area contributed by atoms with Crippen molar-refractivity contribution in [3.8, 4) is 0 Å². The number of hydrogen-bond donors (Lipinski definition) is 4. The Morgan fingerprint density at radius 1 is 0.800 bits per heavy atom. The van der Waals surface area contributed by atoms with Crippen molar-refractivity contribution in [3.05, 3.63) is 71.8 Å². The van der Waals surface area contributed by atoms with Crippen LogP contribution in [-0.4, -0.2) is 46.7 Å². The third-order valence-electron chi connectivity index (χ3n) is 4.72. The molecule has 0 saturated carbocycles.